The van der Waals surface area contributed by atoms with Crippen LogP contribution in [0, 0.1) is 6.92 Å². The van der Waals surface area contributed by atoms with Crippen LogP contribution in [0.25, 0.3) is 6.08 Å². The number of benzene rings is 3. The Balaban J connectivity index is 1.55. The summed E-state index contributed by atoms with van der Waals surface area (Å²) >= 11 is 19.9. The second-order valence-corrected chi connectivity index (χ2v) is 9.87. The summed E-state index contributed by atoms with van der Waals surface area (Å²) < 4.78 is 11.7. The third kappa shape index (κ3) is 6.53. The molecule has 1 saturated heterocycles. The van der Waals surface area contributed by atoms with E-state index in [9.17, 15) is 4.79 Å². The summed E-state index contributed by atoms with van der Waals surface area (Å²) in [5.41, 5.74) is 3.45. The van der Waals surface area contributed by atoms with Gasteiger partial charge in [-0.05, 0) is 79.2 Å². The number of amidine groups is 1. The molecule has 3 aromatic rings. The largest absolute Gasteiger partial charge is 0.490 e. The molecule has 0 saturated carbocycles. The molecule has 1 amide bonds. The van der Waals surface area contributed by atoms with E-state index in [1.165, 1.54) is 11.8 Å². The first-order valence-corrected chi connectivity index (χ1v) is 12.7. The number of rotatable bonds is 7. The van der Waals surface area contributed by atoms with Gasteiger partial charge < -0.3 is 14.8 Å². The van der Waals surface area contributed by atoms with Crippen molar-refractivity contribution in [3.63, 3.8) is 0 Å². The summed E-state index contributed by atoms with van der Waals surface area (Å²) in [6.45, 7) is 4.53. The molecule has 0 aliphatic carbocycles. The van der Waals surface area contributed by atoms with E-state index in [1.54, 1.807) is 30.3 Å². The van der Waals surface area contributed by atoms with Gasteiger partial charge in [-0.15, -0.1) is 0 Å². The minimum Gasteiger partial charge on any atom is -0.490 e. The van der Waals surface area contributed by atoms with E-state index in [-0.39, 0.29) is 12.5 Å². The molecule has 0 spiro atoms. The Morgan fingerprint density at radius 1 is 0.971 bits per heavy atom. The average Bonchev–Trinajstić information content (AvgIpc) is 3.15. The van der Waals surface area contributed by atoms with E-state index in [0.717, 1.165) is 16.8 Å². The lowest BCUT2D eigenvalue weighted by molar-refractivity contribution is -0.115. The van der Waals surface area contributed by atoms with Gasteiger partial charge in [-0.25, -0.2) is 4.99 Å². The van der Waals surface area contributed by atoms with Crippen molar-refractivity contribution in [2.75, 3.05) is 6.61 Å². The highest BCUT2D eigenvalue weighted by Crippen LogP contribution is 2.39. The number of amides is 1. The highest BCUT2D eigenvalue weighted by atomic mass is 35.5. The lowest BCUT2D eigenvalue weighted by atomic mass is 10.1. The molecule has 0 unspecified atom stereocenters. The molecular weight excluding hydrogens is 527 g/mol. The van der Waals surface area contributed by atoms with Gasteiger partial charge in [0.25, 0.3) is 5.91 Å². The van der Waals surface area contributed by atoms with Crippen LogP contribution in [0.15, 0.2) is 64.5 Å². The van der Waals surface area contributed by atoms with Crippen molar-refractivity contribution in [1.82, 2.24) is 5.32 Å². The topological polar surface area (TPSA) is 59.9 Å². The van der Waals surface area contributed by atoms with Crippen molar-refractivity contribution in [2.24, 2.45) is 4.99 Å². The molecular formula is C26H21Cl3N2O3S. The summed E-state index contributed by atoms with van der Waals surface area (Å²) in [5.74, 6) is 0.658. The van der Waals surface area contributed by atoms with Gasteiger partial charge in [-0.2, -0.15) is 0 Å². The molecule has 5 nitrogen and oxygen atoms in total. The molecule has 1 fully saturated rings. The van der Waals surface area contributed by atoms with E-state index in [0.29, 0.717) is 48.8 Å². The van der Waals surface area contributed by atoms with Gasteiger partial charge in [0.1, 0.15) is 6.61 Å². The number of ether oxygens (including phenoxy) is 2. The number of hydrogen-bond donors (Lipinski definition) is 1. The Bertz CT molecular complexity index is 1320. The lowest BCUT2D eigenvalue weighted by Gasteiger charge is -2.15. The fourth-order valence-electron chi connectivity index (χ4n) is 3.23. The number of nitrogens with one attached hydrogen (secondary N) is 1. The van der Waals surface area contributed by atoms with Crippen molar-refractivity contribution in [1.29, 1.82) is 0 Å². The molecule has 1 N–H and O–H groups in total. The van der Waals surface area contributed by atoms with Crippen LogP contribution >= 0.6 is 46.6 Å². The van der Waals surface area contributed by atoms with Crippen LogP contribution in [0.3, 0.4) is 0 Å². The van der Waals surface area contributed by atoms with Gasteiger partial charge in [0, 0.05) is 0 Å². The van der Waals surface area contributed by atoms with Crippen LogP contribution in [0.1, 0.15) is 23.6 Å². The van der Waals surface area contributed by atoms with Crippen molar-refractivity contribution in [3.8, 4) is 11.5 Å². The number of hydrogen-bond acceptors (Lipinski definition) is 5. The first-order valence-electron chi connectivity index (χ1n) is 10.7. The van der Waals surface area contributed by atoms with Crippen LogP contribution in [0.2, 0.25) is 15.1 Å². The van der Waals surface area contributed by atoms with Gasteiger partial charge >= 0.3 is 0 Å². The summed E-state index contributed by atoms with van der Waals surface area (Å²) in [6.07, 6.45) is 1.74. The number of aryl methyl sites for hydroxylation is 1. The zero-order chi connectivity index (χ0) is 24.9. The van der Waals surface area contributed by atoms with Crippen molar-refractivity contribution >= 4 is 69.4 Å². The van der Waals surface area contributed by atoms with E-state index >= 15 is 0 Å². The Kier molecular flexibility index (Phi) is 8.29. The maximum absolute atomic E-state index is 12.5. The van der Waals surface area contributed by atoms with Crippen LogP contribution < -0.4 is 14.8 Å². The minimum absolute atomic E-state index is 0.227. The summed E-state index contributed by atoms with van der Waals surface area (Å²) in [7, 11) is 0. The highest BCUT2D eigenvalue weighted by molar-refractivity contribution is 8.18. The number of thioether (sulfide) groups is 1. The molecule has 180 valence electrons. The maximum atomic E-state index is 12.5. The van der Waals surface area contributed by atoms with Gasteiger partial charge in [-0.3, -0.25) is 4.79 Å². The first kappa shape index (κ1) is 25.5. The molecule has 3 aromatic carbocycles. The van der Waals surface area contributed by atoms with Crippen LogP contribution in [-0.2, 0) is 11.4 Å². The van der Waals surface area contributed by atoms with Crippen LogP contribution in [0.4, 0.5) is 5.69 Å². The van der Waals surface area contributed by atoms with E-state index in [1.807, 2.05) is 44.2 Å². The fourth-order valence-corrected chi connectivity index (χ4v) is 4.66. The second kappa shape index (κ2) is 11.4. The molecule has 1 heterocycles. The van der Waals surface area contributed by atoms with Crippen molar-refractivity contribution in [3.05, 3.63) is 91.3 Å². The smallest absolute Gasteiger partial charge is 0.264 e. The zero-order valence-corrected chi connectivity index (χ0v) is 22.0. The molecule has 4 rings (SSSR count). The molecule has 0 bridgehead atoms. The van der Waals surface area contributed by atoms with Gasteiger partial charge in [0.05, 0.1) is 32.3 Å². The minimum atomic E-state index is -0.227. The van der Waals surface area contributed by atoms with Gasteiger partial charge in [0.15, 0.2) is 16.7 Å². The molecule has 0 atom stereocenters. The first-order chi connectivity index (χ1) is 16.8. The standard InChI is InChI=1S/C26H21Cl3N2O3S/c1-3-33-22-12-17(11-21(29)24(22)34-14-16-6-9-19(27)20(28)10-16)13-23-25(32)31-26(35-23)30-18-7-4-15(2)5-8-18/h4-13H,3,14H2,1-2H3,(H,30,31,32)/b23-13-. The Morgan fingerprint density at radius 2 is 1.74 bits per heavy atom. The zero-order valence-electron chi connectivity index (χ0n) is 18.9. The summed E-state index contributed by atoms with van der Waals surface area (Å²) in [6, 6.07) is 16.5. The number of aliphatic imine (C=N–C) groups is 1. The number of halogens is 3. The molecule has 35 heavy (non-hydrogen) atoms. The van der Waals surface area contributed by atoms with E-state index in [4.69, 9.17) is 44.3 Å². The highest BCUT2D eigenvalue weighted by Gasteiger charge is 2.24. The third-order valence-electron chi connectivity index (χ3n) is 4.91. The maximum Gasteiger partial charge on any atom is 0.264 e. The third-order valence-corrected chi connectivity index (χ3v) is 6.84. The molecule has 0 radical (unpaired) electrons. The van der Waals surface area contributed by atoms with Crippen LogP contribution in [-0.4, -0.2) is 17.7 Å². The fraction of sp³-hybridized carbons (Fsp3) is 0.154. The summed E-state index contributed by atoms with van der Waals surface area (Å²) in [5, 5.41) is 4.60. The molecule has 1 aliphatic rings. The average molecular weight is 548 g/mol. The van der Waals surface area contributed by atoms with Gasteiger partial charge in [0.2, 0.25) is 0 Å². The number of carbonyl (C=O) groups is 1. The Labute approximate surface area is 223 Å². The number of nitrogens with zero attached hydrogens (tertiary/aromatic N) is 1. The Hall–Kier alpha value is -2.64. The SMILES string of the molecule is CCOc1cc(/C=C2\SC(=Nc3ccc(C)cc3)NC2=O)cc(Cl)c1OCc1ccc(Cl)c(Cl)c1. The van der Waals surface area contributed by atoms with E-state index in [2.05, 4.69) is 10.3 Å². The van der Waals surface area contributed by atoms with Crippen molar-refractivity contribution < 1.29 is 14.3 Å². The van der Waals surface area contributed by atoms with Gasteiger partial charge in [-0.1, -0.05) is 58.6 Å². The summed E-state index contributed by atoms with van der Waals surface area (Å²) in [4.78, 5) is 17.5. The quantitative estimate of drug-likeness (QED) is 0.306. The predicted molar refractivity (Wildman–Crippen MR) is 145 cm³/mol. The van der Waals surface area contributed by atoms with E-state index < -0.39 is 0 Å². The van der Waals surface area contributed by atoms with Crippen molar-refractivity contribution in [2.45, 2.75) is 20.5 Å². The monoisotopic (exact) mass is 546 g/mol. The molecule has 0 aromatic heterocycles. The number of carbonyl (C=O) groups excluding carboxylic acids is 1. The molecule has 1 aliphatic heterocycles. The van der Waals surface area contributed by atoms with Crippen LogP contribution in [0.5, 0.6) is 11.5 Å². The molecule has 9 heteroatoms. The normalized spacial score (nSPS) is 15.5. The second-order valence-electron chi connectivity index (χ2n) is 7.62. The predicted octanol–water partition coefficient (Wildman–Crippen LogP) is 7.82. The Morgan fingerprint density at radius 3 is 2.46 bits per heavy atom. The lowest BCUT2D eigenvalue weighted by Crippen LogP contribution is -2.19.